The van der Waals surface area contributed by atoms with E-state index >= 15 is 0 Å². The van der Waals surface area contributed by atoms with Crippen LogP contribution in [0.2, 0.25) is 0 Å². The summed E-state index contributed by atoms with van der Waals surface area (Å²) in [6.45, 7) is 4.10. The molecular formula is C16H23NO3. The van der Waals surface area contributed by atoms with Gasteiger partial charge in [0.15, 0.2) is 0 Å². The number of piperidine rings is 1. The highest BCUT2D eigenvalue weighted by Crippen LogP contribution is 2.28. The van der Waals surface area contributed by atoms with Gasteiger partial charge in [0.1, 0.15) is 11.3 Å². The Morgan fingerprint density at radius 2 is 2.10 bits per heavy atom. The molecule has 1 aliphatic heterocycles. The average molecular weight is 277 g/mol. The molecule has 1 aromatic rings. The molecule has 2 rings (SSSR count). The van der Waals surface area contributed by atoms with E-state index < -0.39 is 11.5 Å². The first-order valence-corrected chi connectivity index (χ1v) is 7.29. The van der Waals surface area contributed by atoms with Crippen molar-refractivity contribution in [3.8, 4) is 5.75 Å². The number of likely N-dealkylation sites (tertiary alicyclic amines) is 1. The van der Waals surface area contributed by atoms with Gasteiger partial charge in [-0.05, 0) is 51.3 Å². The fraction of sp³-hybridized carbons (Fsp3) is 0.562. The van der Waals surface area contributed by atoms with Crippen molar-refractivity contribution in [3.63, 3.8) is 0 Å². The number of aliphatic carboxylic acids is 1. The van der Waals surface area contributed by atoms with Gasteiger partial charge < -0.3 is 9.84 Å². The fourth-order valence-corrected chi connectivity index (χ4v) is 2.74. The first-order valence-electron chi connectivity index (χ1n) is 7.29. The van der Waals surface area contributed by atoms with Crippen molar-refractivity contribution in [2.75, 3.05) is 19.7 Å². The molecular weight excluding hydrogens is 254 g/mol. The number of carboxylic acid groups (broad SMARTS) is 1. The predicted octanol–water partition coefficient (Wildman–Crippen LogP) is 2.78. The zero-order valence-electron chi connectivity index (χ0n) is 12.0. The minimum atomic E-state index is -0.707. The number of nitrogens with zero attached hydrogens (tertiary/aromatic N) is 1. The fourth-order valence-electron chi connectivity index (χ4n) is 2.74. The van der Waals surface area contributed by atoms with E-state index in [1.54, 1.807) is 0 Å². The average Bonchev–Trinajstić information content (AvgIpc) is 2.46. The number of rotatable bonds is 6. The molecule has 0 bridgehead atoms. The number of benzene rings is 1. The Balaban J connectivity index is 1.79. The summed E-state index contributed by atoms with van der Waals surface area (Å²) in [4.78, 5) is 13.6. The Hall–Kier alpha value is -1.55. The lowest BCUT2D eigenvalue weighted by atomic mass is 9.88. The first kappa shape index (κ1) is 14.9. The minimum Gasteiger partial charge on any atom is -0.494 e. The molecule has 1 fully saturated rings. The Labute approximate surface area is 120 Å². The van der Waals surface area contributed by atoms with Crippen LogP contribution in [-0.4, -0.2) is 41.2 Å². The van der Waals surface area contributed by atoms with Crippen molar-refractivity contribution in [2.24, 2.45) is 0 Å². The van der Waals surface area contributed by atoms with Crippen LogP contribution in [-0.2, 0) is 4.79 Å². The molecule has 1 unspecified atom stereocenters. The van der Waals surface area contributed by atoms with Crippen LogP contribution in [0.3, 0.4) is 0 Å². The summed E-state index contributed by atoms with van der Waals surface area (Å²) >= 11 is 0. The summed E-state index contributed by atoms with van der Waals surface area (Å²) in [5, 5.41) is 9.43. The van der Waals surface area contributed by atoms with Crippen molar-refractivity contribution in [3.05, 3.63) is 30.3 Å². The van der Waals surface area contributed by atoms with E-state index in [1.165, 1.54) is 0 Å². The quantitative estimate of drug-likeness (QED) is 0.812. The Kier molecular flexibility index (Phi) is 5.01. The SMILES string of the molecule is CC1(C(=O)O)CCCCN1CCCOc1ccccc1. The Morgan fingerprint density at radius 1 is 1.35 bits per heavy atom. The maximum Gasteiger partial charge on any atom is 0.323 e. The number of carbonyl (C=O) groups is 1. The molecule has 1 saturated heterocycles. The highest BCUT2D eigenvalue weighted by molar-refractivity contribution is 5.78. The number of hydrogen-bond acceptors (Lipinski definition) is 3. The number of hydrogen-bond donors (Lipinski definition) is 1. The molecule has 0 aliphatic carbocycles. The lowest BCUT2D eigenvalue weighted by molar-refractivity contribution is -0.153. The van der Waals surface area contributed by atoms with E-state index in [2.05, 4.69) is 4.90 Å². The number of ether oxygens (including phenoxy) is 1. The topological polar surface area (TPSA) is 49.8 Å². The zero-order valence-corrected chi connectivity index (χ0v) is 12.0. The summed E-state index contributed by atoms with van der Waals surface area (Å²) < 4.78 is 5.65. The van der Waals surface area contributed by atoms with Crippen molar-refractivity contribution >= 4 is 5.97 Å². The largest absolute Gasteiger partial charge is 0.494 e. The van der Waals surface area contributed by atoms with E-state index in [0.717, 1.165) is 44.5 Å². The molecule has 0 amide bonds. The molecule has 0 radical (unpaired) electrons. The molecule has 1 atom stereocenters. The van der Waals surface area contributed by atoms with E-state index in [9.17, 15) is 9.90 Å². The Bertz CT molecular complexity index is 435. The summed E-state index contributed by atoms with van der Waals surface area (Å²) in [5.74, 6) is 0.160. The predicted molar refractivity (Wildman–Crippen MR) is 78.0 cm³/mol. The molecule has 4 nitrogen and oxygen atoms in total. The maximum atomic E-state index is 11.5. The van der Waals surface area contributed by atoms with Crippen LogP contribution in [0.5, 0.6) is 5.75 Å². The van der Waals surface area contributed by atoms with E-state index in [4.69, 9.17) is 4.74 Å². The molecule has 0 aromatic heterocycles. The molecule has 4 heteroatoms. The smallest absolute Gasteiger partial charge is 0.323 e. The monoisotopic (exact) mass is 277 g/mol. The lowest BCUT2D eigenvalue weighted by Crippen LogP contribution is -2.55. The Morgan fingerprint density at radius 3 is 2.80 bits per heavy atom. The van der Waals surface area contributed by atoms with Gasteiger partial charge in [0, 0.05) is 6.54 Å². The van der Waals surface area contributed by atoms with Gasteiger partial charge in [-0.3, -0.25) is 9.69 Å². The summed E-state index contributed by atoms with van der Waals surface area (Å²) in [6.07, 6.45) is 3.67. The van der Waals surface area contributed by atoms with Crippen molar-refractivity contribution in [2.45, 2.75) is 38.1 Å². The second-order valence-electron chi connectivity index (χ2n) is 5.54. The highest BCUT2D eigenvalue weighted by Gasteiger charge is 2.40. The number of carboxylic acids is 1. The molecule has 0 spiro atoms. The van der Waals surface area contributed by atoms with Gasteiger partial charge in [-0.2, -0.15) is 0 Å². The minimum absolute atomic E-state index is 0.621. The summed E-state index contributed by atoms with van der Waals surface area (Å²) in [6, 6.07) is 9.71. The van der Waals surface area contributed by atoms with Gasteiger partial charge in [0.25, 0.3) is 0 Å². The van der Waals surface area contributed by atoms with Crippen molar-refractivity contribution < 1.29 is 14.6 Å². The highest BCUT2D eigenvalue weighted by atomic mass is 16.5. The van der Waals surface area contributed by atoms with Crippen molar-refractivity contribution in [1.82, 2.24) is 4.90 Å². The van der Waals surface area contributed by atoms with E-state index in [-0.39, 0.29) is 0 Å². The molecule has 110 valence electrons. The van der Waals surface area contributed by atoms with Gasteiger partial charge in [-0.1, -0.05) is 18.2 Å². The maximum absolute atomic E-state index is 11.5. The molecule has 1 aromatic carbocycles. The third kappa shape index (κ3) is 3.51. The van der Waals surface area contributed by atoms with Gasteiger partial charge >= 0.3 is 5.97 Å². The van der Waals surface area contributed by atoms with Gasteiger partial charge in [-0.25, -0.2) is 0 Å². The molecule has 20 heavy (non-hydrogen) atoms. The molecule has 1 heterocycles. The van der Waals surface area contributed by atoms with Crippen LogP contribution in [0, 0.1) is 0 Å². The lowest BCUT2D eigenvalue weighted by Gasteiger charge is -2.41. The van der Waals surface area contributed by atoms with E-state index in [0.29, 0.717) is 6.61 Å². The molecule has 1 aliphatic rings. The van der Waals surface area contributed by atoms with Gasteiger partial charge in [-0.15, -0.1) is 0 Å². The van der Waals surface area contributed by atoms with Crippen LogP contribution >= 0.6 is 0 Å². The normalized spacial score (nSPS) is 23.4. The van der Waals surface area contributed by atoms with E-state index in [1.807, 2.05) is 37.3 Å². The molecule has 0 saturated carbocycles. The summed E-state index contributed by atoms with van der Waals surface area (Å²) in [5.41, 5.74) is -0.703. The first-order chi connectivity index (χ1) is 9.63. The third-order valence-corrected chi connectivity index (χ3v) is 4.08. The standard InChI is InChI=1S/C16H23NO3/c1-16(15(18)19)10-5-6-11-17(16)12-7-13-20-14-8-3-2-4-9-14/h2-4,8-9H,5-7,10-13H2,1H3,(H,18,19). The van der Waals surface area contributed by atoms with Crippen LogP contribution in [0.1, 0.15) is 32.6 Å². The number of para-hydroxylation sites is 1. The second-order valence-corrected chi connectivity index (χ2v) is 5.54. The van der Waals surface area contributed by atoms with Crippen LogP contribution in [0.15, 0.2) is 30.3 Å². The van der Waals surface area contributed by atoms with Crippen molar-refractivity contribution in [1.29, 1.82) is 0 Å². The van der Waals surface area contributed by atoms with Crippen LogP contribution in [0.4, 0.5) is 0 Å². The van der Waals surface area contributed by atoms with Gasteiger partial charge in [0.05, 0.1) is 6.61 Å². The van der Waals surface area contributed by atoms with Gasteiger partial charge in [0.2, 0.25) is 0 Å². The third-order valence-electron chi connectivity index (χ3n) is 4.08. The van der Waals surface area contributed by atoms with Crippen LogP contribution < -0.4 is 4.74 Å². The summed E-state index contributed by atoms with van der Waals surface area (Å²) in [7, 11) is 0. The second kappa shape index (κ2) is 6.75. The zero-order chi connectivity index (χ0) is 14.4. The van der Waals surface area contributed by atoms with Crippen LogP contribution in [0.25, 0.3) is 0 Å². The molecule has 1 N–H and O–H groups in total.